The second kappa shape index (κ2) is 11.2. The number of amides is 1. The molecule has 5 nitrogen and oxygen atoms in total. The molecule has 26 heavy (non-hydrogen) atoms. The number of guanidine groups is 1. The molecular weight excluding hydrogens is 459 g/mol. The Morgan fingerprint density at radius 3 is 2.69 bits per heavy atom. The number of aliphatic imine (C=N–C) groups is 1. The number of hydrogen-bond acceptors (Lipinski definition) is 3. The van der Waals surface area contributed by atoms with E-state index in [0.29, 0.717) is 12.1 Å². The molecule has 7 heteroatoms. The van der Waals surface area contributed by atoms with Crippen LogP contribution >= 0.6 is 35.3 Å². The van der Waals surface area contributed by atoms with Gasteiger partial charge in [0.1, 0.15) is 0 Å². The van der Waals surface area contributed by atoms with E-state index >= 15 is 0 Å². The third kappa shape index (κ3) is 7.33. The number of carbonyl (C=O) groups excluding carboxylic acids is 1. The van der Waals surface area contributed by atoms with Gasteiger partial charge in [-0.1, -0.05) is 12.1 Å². The first-order chi connectivity index (χ1) is 12.0. The molecule has 0 aliphatic carbocycles. The van der Waals surface area contributed by atoms with Crippen molar-refractivity contribution in [3.05, 3.63) is 57.3 Å². The Hall–Kier alpha value is -1.61. The minimum Gasteiger partial charge on any atom is -0.366 e. The number of thiophene rings is 1. The van der Waals surface area contributed by atoms with Gasteiger partial charge in [-0.3, -0.25) is 4.79 Å². The SMILES string of the molecule is CCNC(=NCc1cccc(C(N)=O)c1)NC(C)Cc1ccc(C)s1.I. The van der Waals surface area contributed by atoms with Gasteiger partial charge in [-0.05, 0) is 50.6 Å². The highest BCUT2D eigenvalue weighted by Crippen LogP contribution is 2.16. The van der Waals surface area contributed by atoms with Crippen molar-refractivity contribution >= 4 is 47.2 Å². The number of carbonyl (C=O) groups is 1. The summed E-state index contributed by atoms with van der Waals surface area (Å²) in [4.78, 5) is 18.6. The zero-order valence-corrected chi connectivity index (χ0v) is 18.6. The fourth-order valence-electron chi connectivity index (χ4n) is 2.49. The van der Waals surface area contributed by atoms with E-state index in [1.54, 1.807) is 12.1 Å². The molecular formula is C19H27IN4OS. The molecule has 142 valence electrons. The van der Waals surface area contributed by atoms with Crippen LogP contribution in [0.4, 0.5) is 0 Å². The van der Waals surface area contributed by atoms with Crippen LogP contribution in [0.2, 0.25) is 0 Å². The van der Waals surface area contributed by atoms with Crippen LogP contribution < -0.4 is 16.4 Å². The standard InChI is InChI=1S/C19H26N4OS.HI/c1-4-21-19(23-13(2)10-17-9-8-14(3)25-17)22-12-15-6-5-7-16(11-15)18(20)24;/h5-9,11,13H,4,10,12H2,1-3H3,(H2,20,24)(H2,21,22,23);1H. The normalized spacial score (nSPS) is 12.2. The van der Waals surface area contributed by atoms with E-state index in [1.165, 1.54) is 9.75 Å². The number of aryl methyl sites for hydroxylation is 1. The third-order valence-electron chi connectivity index (χ3n) is 3.66. The summed E-state index contributed by atoms with van der Waals surface area (Å²) in [7, 11) is 0. The van der Waals surface area contributed by atoms with Crippen molar-refractivity contribution in [2.45, 2.75) is 39.8 Å². The van der Waals surface area contributed by atoms with Crippen molar-refractivity contribution in [1.29, 1.82) is 0 Å². The summed E-state index contributed by atoms with van der Waals surface area (Å²) in [6.07, 6.45) is 0.958. The van der Waals surface area contributed by atoms with Gasteiger partial charge in [0.25, 0.3) is 0 Å². The number of halogens is 1. The van der Waals surface area contributed by atoms with Crippen molar-refractivity contribution in [3.63, 3.8) is 0 Å². The van der Waals surface area contributed by atoms with Crippen LogP contribution in [0.25, 0.3) is 0 Å². The van der Waals surface area contributed by atoms with Gasteiger partial charge in [0.2, 0.25) is 5.91 Å². The first-order valence-corrected chi connectivity index (χ1v) is 9.28. The number of primary amides is 1. The second-order valence-electron chi connectivity index (χ2n) is 6.02. The van der Waals surface area contributed by atoms with Crippen LogP contribution in [0, 0.1) is 6.92 Å². The molecule has 2 aromatic rings. The molecule has 4 N–H and O–H groups in total. The lowest BCUT2D eigenvalue weighted by Crippen LogP contribution is -2.43. The van der Waals surface area contributed by atoms with E-state index < -0.39 is 5.91 Å². The number of hydrogen-bond donors (Lipinski definition) is 3. The van der Waals surface area contributed by atoms with Crippen molar-refractivity contribution in [3.8, 4) is 0 Å². The summed E-state index contributed by atoms with van der Waals surface area (Å²) >= 11 is 1.83. The third-order valence-corrected chi connectivity index (χ3v) is 4.68. The fourth-order valence-corrected chi connectivity index (χ4v) is 3.51. The quantitative estimate of drug-likeness (QED) is 0.319. The highest BCUT2D eigenvalue weighted by atomic mass is 127. The lowest BCUT2D eigenvalue weighted by atomic mass is 10.1. The average Bonchev–Trinajstić information content (AvgIpc) is 2.98. The van der Waals surface area contributed by atoms with Crippen LogP contribution in [0.5, 0.6) is 0 Å². The van der Waals surface area contributed by atoms with Gasteiger partial charge in [-0.2, -0.15) is 0 Å². The highest BCUT2D eigenvalue weighted by molar-refractivity contribution is 14.0. The minimum absolute atomic E-state index is 0. The summed E-state index contributed by atoms with van der Waals surface area (Å²) in [5.74, 6) is 0.350. The second-order valence-corrected chi connectivity index (χ2v) is 7.39. The summed E-state index contributed by atoms with van der Waals surface area (Å²) in [6, 6.07) is 11.9. The first kappa shape index (κ1) is 22.4. The molecule has 0 saturated carbocycles. The van der Waals surface area contributed by atoms with E-state index in [2.05, 4.69) is 41.6 Å². The van der Waals surface area contributed by atoms with Gasteiger partial charge < -0.3 is 16.4 Å². The van der Waals surface area contributed by atoms with Crippen molar-refractivity contribution < 1.29 is 4.79 Å². The van der Waals surface area contributed by atoms with Gasteiger partial charge in [0.15, 0.2) is 5.96 Å². The maximum Gasteiger partial charge on any atom is 0.248 e. The Labute approximate surface area is 176 Å². The highest BCUT2D eigenvalue weighted by Gasteiger charge is 2.08. The van der Waals surface area contributed by atoms with Gasteiger partial charge in [-0.25, -0.2) is 4.99 Å². The minimum atomic E-state index is -0.421. The van der Waals surface area contributed by atoms with E-state index in [1.807, 2.05) is 30.4 Å². The molecule has 0 saturated heterocycles. The lowest BCUT2D eigenvalue weighted by Gasteiger charge is -2.17. The largest absolute Gasteiger partial charge is 0.366 e. The monoisotopic (exact) mass is 486 g/mol. The molecule has 0 bridgehead atoms. The number of benzene rings is 1. The molecule has 1 unspecified atom stereocenters. The Morgan fingerprint density at radius 1 is 1.31 bits per heavy atom. The summed E-state index contributed by atoms with van der Waals surface area (Å²) in [5, 5.41) is 6.70. The Kier molecular flexibility index (Phi) is 9.64. The maximum atomic E-state index is 11.3. The van der Waals surface area contributed by atoms with Crippen LogP contribution in [0.15, 0.2) is 41.4 Å². The van der Waals surface area contributed by atoms with Crippen LogP contribution in [0.1, 0.15) is 39.5 Å². The molecule has 1 aromatic carbocycles. The Bertz CT molecular complexity index is 745. The zero-order chi connectivity index (χ0) is 18.2. The van der Waals surface area contributed by atoms with Gasteiger partial charge in [0, 0.05) is 34.3 Å². The van der Waals surface area contributed by atoms with Crippen LogP contribution in [-0.4, -0.2) is 24.5 Å². The van der Waals surface area contributed by atoms with Crippen molar-refractivity contribution in [2.75, 3.05) is 6.54 Å². The van der Waals surface area contributed by atoms with E-state index in [0.717, 1.165) is 24.5 Å². The number of nitrogens with two attached hydrogens (primary N) is 1. The average molecular weight is 486 g/mol. The van der Waals surface area contributed by atoms with Gasteiger partial charge in [-0.15, -0.1) is 35.3 Å². The Balaban J connectivity index is 0.00000338. The zero-order valence-electron chi connectivity index (χ0n) is 15.4. The van der Waals surface area contributed by atoms with Crippen LogP contribution in [-0.2, 0) is 13.0 Å². The predicted octanol–water partition coefficient (Wildman–Crippen LogP) is 3.46. The number of rotatable bonds is 7. The summed E-state index contributed by atoms with van der Waals surface area (Å²) < 4.78 is 0. The van der Waals surface area contributed by atoms with E-state index in [9.17, 15) is 4.79 Å². The summed E-state index contributed by atoms with van der Waals surface area (Å²) in [6.45, 7) is 7.59. The van der Waals surface area contributed by atoms with Gasteiger partial charge in [0.05, 0.1) is 6.54 Å². The van der Waals surface area contributed by atoms with Crippen molar-refractivity contribution in [1.82, 2.24) is 10.6 Å². The molecule has 1 atom stereocenters. The van der Waals surface area contributed by atoms with Crippen molar-refractivity contribution in [2.24, 2.45) is 10.7 Å². The number of nitrogens with one attached hydrogen (secondary N) is 2. The van der Waals surface area contributed by atoms with Gasteiger partial charge >= 0.3 is 0 Å². The topological polar surface area (TPSA) is 79.5 Å². The van der Waals surface area contributed by atoms with Crippen LogP contribution in [0.3, 0.4) is 0 Å². The molecule has 2 rings (SSSR count). The fraction of sp³-hybridized carbons (Fsp3) is 0.368. The van der Waals surface area contributed by atoms with E-state index in [-0.39, 0.29) is 30.0 Å². The molecule has 0 radical (unpaired) electrons. The number of nitrogens with zero attached hydrogens (tertiary/aromatic N) is 1. The predicted molar refractivity (Wildman–Crippen MR) is 121 cm³/mol. The summed E-state index contributed by atoms with van der Waals surface area (Å²) in [5.41, 5.74) is 6.79. The lowest BCUT2D eigenvalue weighted by molar-refractivity contribution is 0.1000. The molecule has 1 amide bonds. The molecule has 0 aliphatic heterocycles. The molecule has 0 fully saturated rings. The smallest absolute Gasteiger partial charge is 0.248 e. The Morgan fingerprint density at radius 2 is 2.08 bits per heavy atom. The van der Waals surface area contributed by atoms with E-state index in [4.69, 9.17) is 5.73 Å². The maximum absolute atomic E-state index is 11.3. The molecule has 0 spiro atoms. The molecule has 1 aromatic heterocycles. The molecule has 1 heterocycles. The molecule has 0 aliphatic rings. The first-order valence-electron chi connectivity index (χ1n) is 8.46.